The molecule has 4 N–H and O–H groups in total. The molecule has 0 aromatic carbocycles. The highest BCUT2D eigenvalue weighted by Crippen LogP contribution is 2.15. The molecule has 0 aliphatic heterocycles. The fourth-order valence-electron chi connectivity index (χ4n) is 0.789. The second kappa shape index (κ2) is 4.38. The summed E-state index contributed by atoms with van der Waals surface area (Å²) in [7, 11) is 0. The minimum Gasteiger partial charge on any atom is -0.396 e. The third-order valence-electron chi connectivity index (χ3n) is 1.93. The Bertz CT molecular complexity index is 265. The molecule has 2 atom stereocenters. The lowest BCUT2D eigenvalue weighted by Gasteiger charge is -2.17. The van der Waals surface area contributed by atoms with Gasteiger partial charge in [-0.2, -0.15) is 9.36 Å². The van der Waals surface area contributed by atoms with Crippen LogP contribution >= 0.6 is 11.5 Å². The van der Waals surface area contributed by atoms with E-state index in [0.29, 0.717) is 5.13 Å². The minimum absolute atomic E-state index is 0.155. The average Bonchev–Trinajstić information content (AvgIpc) is 2.49. The summed E-state index contributed by atoms with van der Waals surface area (Å²) in [5, 5.41) is 12.7. The third-order valence-corrected chi connectivity index (χ3v) is 2.59. The number of nitrogens with two attached hydrogens (primary N) is 1. The third kappa shape index (κ3) is 2.82. The van der Waals surface area contributed by atoms with Gasteiger partial charge in [0, 0.05) is 24.2 Å². The molecule has 0 bridgehead atoms. The van der Waals surface area contributed by atoms with Gasteiger partial charge < -0.3 is 16.2 Å². The van der Waals surface area contributed by atoms with E-state index in [4.69, 9.17) is 10.8 Å². The summed E-state index contributed by atoms with van der Waals surface area (Å²) in [5.41, 5.74) is 5.36. The van der Waals surface area contributed by atoms with Crippen molar-refractivity contribution >= 4 is 22.6 Å². The van der Waals surface area contributed by atoms with Crippen LogP contribution in [0.4, 0.5) is 11.1 Å². The summed E-state index contributed by atoms with van der Waals surface area (Å²) in [6.07, 6.45) is 0. The standard InChI is InChI=1S/C7H14N4OS/c1-4(3-12)5(2)9-7-10-6(8)11-13-7/h4-5,12H,3H2,1-2H3,(H3,8,9,10,11). The summed E-state index contributed by atoms with van der Waals surface area (Å²) in [6, 6.07) is 0.164. The molecule has 0 saturated carbocycles. The van der Waals surface area contributed by atoms with Crippen molar-refractivity contribution in [1.29, 1.82) is 0 Å². The quantitative estimate of drug-likeness (QED) is 0.664. The van der Waals surface area contributed by atoms with Crippen LogP contribution in [0, 0.1) is 5.92 Å². The van der Waals surface area contributed by atoms with Crippen LogP contribution in [-0.2, 0) is 0 Å². The van der Waals surface area contributed by atoms with Crippen LogP contribution in [0.2, 0.25) is 0 Å². The Balaban J connectivity index is 2.49. The average molecular weight is 202 g/mol. The van der Waals surface area contributed by atoms with Gasteiger partial charge in [0.05, 0.1) is 0 Å². The highest BCUT2D eigenvalue weighted by molar-refractivity contribution is 7.09. The molecule has 0 spiro atoms. The lowest BCUT2D eigenvalue weighted by molar-refractivity contribution is 0.226. The maximum atomic E-state index is 8.89. The molecule has 0 fully saturated rings. The van der Waals surface area contributed by atoms with Crippen LogP contribution in [0.1, 0.15) is 13.8 Å². The number of hydrogen-bond donors (Lipinski definition) is 3. The maximum Gasteiger partial charge on any atom is 0.233 e. The molecule has 13 heavy (non-hydrogen) atoms. The predicted octanol–water partition coefficient (Wildman–Crippen LogP) is 0.549. The molecule has 0 aliphatic carbocycles. The number of aromatic nitrogens is 2. The molecule has 5 nitrogen and oxygen atoms in total. The van der Waals surface area contributed by atoms with Gasteiger partial charge in [-0.05, 0) is 12.8 Å². The Morgan fingerprint density at radius 2 is 2.31 bits per heavy atom. The Morgan fingerprint density at radius 1 is 1.62 bits per heavy atom. The zero-order chi connectivity index (χ0) is 9.84. The van der Waals surface area contributed by atoms with Crippen LogP contribution in [-0.4, -0.2) is 27.1 Å². The zero-order valence-electron chi connectivity index (χ0n) is 7.69. The van der Waals surface area contributed by atoms with Gasteiger partial charge in [0.25, 0.3) is 0 Å². The summed E-state index contributed by atoms with van der Waals surface area (Å²) in [6.45, 7) is 4.10. The predicted molar refractivity (Wildman–Crippen MR) is 53.7 cm³/mol. The first-order valence-electron chi connectivity index (χ1n) is 4.10. The van der Waals surface area contributed by atoms with Gasteiger partial charge in [-0.25, -0.2) is 0 Å². The van der Waals surface area contributed by atoms with Crippen molar-refractivity contribution in [2.75, 3.05) is 17.7 Å². The topological polar surface area (TPSA) is 84.1 Å². The van der Waals surface area contributed by atoms with Crippen molar-refractivity contribution in [2.45, 2.75) is 19.9 Å². The summed E-state index contributed by atoms with van der Waals surface area (Å²) >= 11 is 1.23. The number of nitrogen functional groups attached to an aromatic ring is 1. The Kier molecular flexibility index (Phi) is 3.44. The first-order chi connectivity index (χ1) is 6.13. The van der Waals surface area contributed by atoms with E-state index in [9.17, 15) is 0 Å². The molecule has 2 unspecified atom stereocenters. The molecular formula is C7H14N4OS. The van der Waals surface area contributed by atoms with Crippen LogP contribution < -0.4 is 11.1 Å². The van der Waals surface area contributed by atoms with Crippen molar-refractivity contribution in [1.82, 2.24) is 9.36 Å². The number of nitrogens with zero attached hydrogens (tertiary/aromatic N) is 2. The van der Waals surface area contributed by atoms with E-state index in [1.807, 2.05) is 13.8 Å². The summed E-state index contributed by atoms with van der Waals surface area (Å²) in [4.78, 5) is 3.96. The number of hydrogen-bond acceptors (Lipinski definition) is 6. The number of anilines is 2. The van der Waals surface area contributed by atoms with Crippen molar-refractivity contribution in [3.8, 4) is 0 Å². The minimum atomic E-state index is 0.155. The normalized spacial score (nSPS) is 15.3. The largest absolute Gasteiger partial charge is 0.396 e. The molecule has 0 aliphatic rings. The molecule has 0 saturated heterocycles. The van der Waals surface area contributed by atoms with Gasteiger partial charge in [0.2, 0.25) is 11.1 Å². The van der Waals surface area contributed by atoms with E-state index in [1.54, 1.807) is 0 Å². The number of nitrogens with one attached hydrogen (secondary N) is 1. The molecule has 0 amide bonds. The SMILES string of the molecule is CC(CO)C(C)Nc1nc(N)ns1. The number of aliphatic hydroxyl groups is 1. The zero-order valence-corrected chi connectivity index (χ0v) is 8.51. The highest BCUT2D eigenvalue weighted by atomic mass is 32.1. The van der Waals surface area contributed by atoms with Gasteiger partial charge in [-0.3, -0.25) is 0 Å². The maximum absolute atomic E-state index is 8.89. The smallest absolute Gasteiger partial charge is 0.233 e. The van der Waals surface area contributed by atoms with E-state index in [0.717, 1.165) is 0 Å². The van der Waals surface area contributed by atoms with Crippen LogP contribution in [0.5, 0.6) is 0 Å². The van der Waals surface area contributed by atoms with Crippen LogP contribution in [0.3, 0.4) is 0 Å². The lowest BCUT2D eigenvalue weighted by Crippen LogP contribution is -2.26. The first-order valence-corrected chi connectivity index (χ1v) is 4.87. The fourth-order valence-corrected chi connectivity index (χ4v) is 1.38. The van der Waals surface area contributed by atoms with Gasteiger partial charge >= 0.3 is 0 Å². The second-order valence-corrected chi connectivity index (χ2v) is 3.80. The second-order valence-electron chi connectivity index (χ2n) is 3.05. The van der Waals surface area contributed by atoms with Crippen LogP contribution in [0.15, 0.2) is 0 Å². The van der Waals surface area contributed by atoms with E-state index in [-0.39, 0.29) is 24.5 Å². The fraction of sp³-hybridized carbons (Fsp3) is 0.714. The molecule has 1 heterocycles. The molecule has 1 rings (SSSR count). The van der Waals surface area contributed by atoms with E-state index in [1.165, 1.54) is 11.5 Å². The summed E-state index contributed by atoms with van der Waals surface area (Å²) in [5.74, 6) is 0.474. The van der Waals surface area contributed by atoms with Gasteiger partial charge in [0.1, 0.15) is 0 Å². The highest BCUT2D eigenvalue weighted by Gasteiger charge is 2.12. The monoisotopic (exact) mass is 202 g/mol. The van der Waals surface area contributed by atoms with E-state index >= 15 is 0 Å². The van der Waals surface area contributed by atoms with Crippen LogP contribution in [0.25, 0.3) is 0 Å². The molecular weight excluding hydrogens is 188 g/mol. The van der Waals surface area contributed by atoms with Crippen molar-refractivity contribution in [2.24, 2.45) is 5.92 Å². The Labute approximate surface area is 81.2 Å². The van der Waals surface area contributed by atoms with Crippen molar-refractivity contribution in [3.63, 3.8) is 0 Å². The summed E-state index contributed by atoms with van der Waals surface area (Å²) < 4.78 is 3.84. The number of aliphatic hydroxyl groups excluding tert-OH is 1. The first kappa shape index (κ1) is 10.2. The Hall–Kier alpha value is -0.880. The number of rotatable bonds is 4. The molecule has 1 aromatic heterocycles. The van der Waals surface area contributed by atoms with Crippen molar-refractivity contribution < 1.29 is 5.11 Å². The molecule has 6 heteroatoms. The van der Waals surface area contributed by atoms with Gasteiger partial charge in [-0.1, -0.05) is 6.92 Å². The lowest BCUT2D eigenvalue weighted by atomic mass is 10.1. The van der Waals surface area contributed by atoms with Gasteiger partial charge in [0.15, 0.2) is 0 Å². The van der Waals surface area contributed by atoms with Crippen molar-refractivity contribution in [3.05, 3.63) is 0 Å². The molecule has 74 valence electrons. The van der Waals surface area contributed by atoms with Gasteiger partial charge in [-0.15, -0.1) is 0 Å². The Morgan fingerprint density at radius 3 is 2.77 bits per heavy atom. The molecule has 0 radical (unpaired) electrons. The van der Waals surface area contributed by atoms with E-state index < -0.39 is 0 Å². The molecule has 1 aromatic rings. The van der Waals surface area contributed by atoms with E-state index in [2.05, 4.69) is 14.7 Å².